The molecule has 1 aliphatic carbocycles. The zero-order valence-electron chi connectivity index (χ0n) is 18.0. The summed E-state index contributed by atoms with van der Waals surface area (Å²) in [5.74, 6) is 0.436. The van der Waals surface area contributed by atoms with Crippen LogP contribution >= 0.6 is 24.0 Å². The average Bonchev–Trinajstić information content (AvgIpc) is 3.03. The highest BCUT2D eigenvalue weighted by Crippen LogP contribution is 2.33. The van der Waals surface area contributed by atoms with Crippen LogP contribution in [0.5, 0.6) is 0 Å². The first-order chi connectivity index (χ1) is 15.0. The predicted molar refractivity (Wildman–Crippen MR) is 131 cm³/mol. The molecule has 31 heavy (non-hydrogen) atoms. The SMILES string of the molecule is CCCCN1C(=O)C(=Cc2c(NC3CCCCC3)nc3c(C)cccn3c2=O)SC1=S. The van der Waals surface area contributed by atoms with E-state index in [1.54, 1.807) is 21.6 Å². The molecule has 1 saturated heterocycles. The van der Waals surface area contributed by atoms with Gasteiger partial charge in [0, 0.05) is 18.8 Å². The molecule has 0 atom stereocenters. The zero-order valence-corrected chi connectivity index (χ0v) is 19.7. The molecule has 164 valence electrons. The van der Waals surface area contributed by atoms with Crippen LogP contribution in [0.1, 0.15) is 63.0 Å². The van der Waals surface area contributed by atoms with Crippen molar-refractivity contribution in [3.8, 4) is 0 Å². The van der Waals surface area contributed by atoms with Crippen molar-refractivity contribution in [1.82, 2.24) is 14.3 Å². The minimum absolute atomic E-state index is 0.124. The smallest absolute Gasteiger partial charge is 0.267 e. The number of aryl methyl sites for hydroxylation is 1. The monoisotopic (exact) mass is 456 g/mol. The molecule has 6 nitrogen and oxygen atoms in total. The van der Waals surface area contributed by atoms with E-state index in [1.807, 2.05) is 19.1 Å². The number of pyridine rings is 1. The molecule has 3 heterocycles. The number of carbonyl (C=O) groups excluding carboxylic acids is 1. The number of anilines is 1. The fourth-order valence-electron chi connectivity index (χ4n) is 4.13. The summed E-state index contributed by atoms with van der Waals surface area (Å²) in [5.41, 5.74) is 1.82. The number of hydrogen-bond donors (Lipinski definition) is 1. The first kappa shape index (κ1) is 22.0. The molecule has 2 aromatic rings. The van der Waals surface area contributed by atoms with E-state index in [2.05, 4.69) is 12.2 Å². The number of nitrogens with zero attached hydrogens (tertiary/aromatic N) is 3. The van der Waals surface area contributed by atoms with E-state index in [0.717, 1.165) is 31.2 Å². The summed E-state index contributed by atoms with van der Waals surface area (Å²) in [4.78, 5) is 33.3. The van der Waals surface area contributed by atoms with E-state index in [1.165, 1.54) is 31.0 Å². The van der Waals surface area contributed by atoms with Gasteiger partial charge in [-0.2, -0.15) is 0 Å². The van der Waals surface area contributed by atoms with Crippen molar-refractivity contribution in [2.45, 2.75) is 64.8 Å². The van der Waals surface area contributed by atoms with E-state index in [9.17, 15) is 9.59 Å². The van der Waals surface area contributed by atoms with E-state index in [4.69, 9.17) is 17.2 Å². The maximum absolute atomic E-state index is 13.4. The van der Waals surface area contributed by atoms with Gasteiger partial charge in [-0.15, -0.1) is 0 Å². The van der Waals surface area contributed by atoms with Gasteiger partial charge in [0.1, 0.15) is 15.8 Å². The number of thioether (sulfide) groups is 1. The van der Waals surface area contributed by atoms with Crippen LogP contribution in [0.25, 0.3) is 11.7 Å². The third kappa shape index (κ3) is 4.55. The number of thiocarbonyl (C=S) groups is 1. The second-order valence-electron chi connectivity index (χ2n) is 8.23. The van der Waals surface area contributed by atoms with Gasteiger partial charge >= 0.3 is 0 Å². The molecule has 0 bridgehead atoms. The van der Waals surface area contributed by atoms with Crippen molar-refractivity contribution in [2.24, 2.45) is 0 Å². The standard InChI is InChI=1S/C23H28N4O2S2/c1-3-4-12-27-22(29)18(31-23(27)30)14-17-19(24-16-10-6-5-7-11-16)25-20-15(2)9-8-13-26(20)21(17)28/h8-9,13-14,16,24H,3-7,10-12H2,1-2H3. The Morgan fingerprint density at radius 1 is 1.29 bits per heavy atom. The van der Waals surface area contributed by atoms with Crippen molar-refractivity contribution in [3.05, 3.63) is 44.7 Å². The first-order valence-electron chi connectivity index (χ1n) is 11.0. The second kappa shape index (κ2) is 9.53. The predicted octanol–water partition coefficient (Wildman–Crippen LogP) is 4.75. The highest BCUT2D eigenvalue weighted by Gasteiger charge is 2.32. The van der Waals surface area contributed by atoms with Crippen LogP contribution in [0.15, 0.2) is 28.0 Å². The van der Waals surface area contributed by atoms with Crippen LogP contribution in [-0.4, -0.2) is 37.1 Å². The third-order valence-electron chi connectivity index (χ3n) is 5.91. The Bertz CT molecular complexity index is 1100. The molecule has 1 amide bonds. The molecule has 1 N–H and O–H groups in total. The fraction of sp³-hybridized carbons (Fsp3) is 0.478. The Hall–Kier alpha value is -2.19. The molecule has 0 unspecified atom stereocenters. The number of aromatic nitrogens is 2. The van der Waals surface area contributed by atoms with Gasteiger partial charge in [-0.3, -0.25) is 18.9 Å². The molecular formula is C23H28N4O2S2. The minimum Gasteiger partial charge on any atom is -0.367 e. The molecule has 2 aromatic heterocycles. The van der Waals surface area contributed by atoms with Crippen molar-refractivity contribution < 1.29 is 4.79 Å². The highest BCUT2D eigenvalue weighted by atomic mass is 32.2. The van der Waals surface area contributed by atoms with Gasteiger partial charge in [-0.05, 0) is 43.9 Å². The first-order valence-corrected chi connectivity index (χ1v) is 12.3. The number of rotatable bonds is 6. The van der Waals surface area contributed by atoms with Crippen LogP contribution < -0.4 is 10.9 Å². The van der Waals surface area contributed by atoms with Crippen LogP contribution in [0.4, 0.5) is 5.82 Å². The van der Waals surface area contributed by atoms with Crippen molar-refractivity contribution in [1.29, 1.82) is 0 Å². The number of amides is 1. The van der Waals surface area contributed by atoms with Gasteiger partial charge in [0.2, 0.25) is 0 Å². The Morgan fingerprint density at radius 2 is 2.06 bits per heavy atom. The quantitative estimate of drug-likeness (QED) is 0.500. The Labute approximate surface area is 192 Å². The highest BCUT2D eigenvalue weighted by molar-refractivity contribution is 8.26. The summed E-state index contributed by atoms with van der Waals surface area (Å²) < 4.78 is 2.11. The topological polar surface area (TPSA) is 66.7 Å². The molecule has 2 fully saturated rings. The summed E-state index contributed by atoms with van der Waals surface area (Å²) >= 11 is 6.69. The lowest BCUT2D eigenvalue weighted by Gasteiger charge is -2.24. The van der Waals surface area contributed by atoms with Gasteiger partial charge in [-0.25, -0.2) is 4.98 Å². The average molecular weight is 457 g/mol. The Balaban J connectivity index is 1.78. The fourth-order valence-corrected chi connectivity index (χ4v) is 5.42. The van der Waals surface area contributed by atoms with Crippen LogP contribution in [0, 0.1) is 6.92 Å². The van der Waals surface area contributed by atoms with E-state index >= 15 is 0 Å². The number of nitrogens with one attached hydrogen (secondary N) is 1. The summed E-state index contributed by atoms with van der Waals surface area (Å²) in [5, 5.41) is 3.52. The molecule has 2 aliphatic rings. The molecule has 1 aliphatic heterocycles. The summed E-state index contributed by atoms with van der Waals surface area (Å²) in [6.07, 6.45) is 11.0. The maximum atomic E-state index is 13.4. The summed E-state index contributed by atoms with van der Waals surface area (Å²) in [6, 6.07) is 4.08. The van der Waals surface area contributed by atoms with Gasteiger partial charge < -0.3 is 5.32 Å². The van der Waals surface area contributed by atoms with Gasteiger partial charge in [0.25, 0.3) is 11.5 Å². The Kier molecular flexibility index (Phi) is 6.77. The van der Waals surface area contributed by atoms with Crippen LogP contribution in [-0.2, 0) is 4.79 Å². The molecule has 0 aromatic carbocycles. The largest absolute Gasteiger partial charge is 0.367 e. The van der Waals surface area contributed by atoms with E-state index < -0.39 is 0 Å². The van der Waals surface area contributed by atoms with Crippen molar-refractivity contribution >= 4 is 51.7 Å². The lowest BCUT2D eigenvalue weighted by Crippen LogP contribution is -2.29. The van der Waals surface area contributed by atoms with Gasteiger partial charge in [0.15, 0.2) is 0 Å². The molecule has 1 saturated carbocycles. The lowest BCUT2D eigenvalue weighted by atomic mass is 9.95. The lowest BCUT2D eigenvalue weighted by molar-refractivity contribution is -0.122. The molecule has 0 spiro atoms. The molecule has 0 radical (unpaired) electrons. The molecular weight excluding hydrogens is 428 g/mol. The molecule has 8 heteroatoms. The van der Waals surface area contributed by atoms with Crippen molar-refractivity contribution in [3.63, 3.8) is 0 Å². The van der Waals surface area contributed by atoms with Crippen LogP contribution in [0.3, 0.4) is 0 Å². The maximum Gasteiger partial charge on any atom is 0.267 e. The number of unbranched alkanes of at least 4 members (excludes halogenated alkanes) is 1. The van der Waals surface area contributed by atoms with Crippen LogP contribution in [0.2, 0.25) is 0 Å². The summed E-state index contributed by atoms with van der Waals surface area (Å²) in [6.45, 7) is 4.64. The third-order valence-corrected chi connectivity index (χ3v) is 7.29. The van der Waals surface area contributed by atoms with Gasteiger partial charge in [0.05, 0.1) is 10.5 Å². The zero-order chi connectivity index (χ0) is 22.0. The number of carbonyl (C=O) groups is 1. The number of hydrogen-bond acceptors (Lipinski definition) is 6. The Morgan fingerprint density at radius 3 is 2.81 bits per heavy atom. The van der Waals surface area contributed by atoms with Gasteiger partial charge in [-0.1, -0.05) is 62.7 Å². The summed E-state index contributed by atoms with van der Waals surface area (Å²) in [7, 11) is 0. The van der Waals surface area contributed by atoms with E-state index in [-0.39, 0.29) is 11.5 Å². The normalized spacial score (nSPS) is 19.0. The number of fused-ring (bicyclic) bond motifs is 1. The van der Waals surface area contributed by atoms with Crippen molar-refractivity contribution in [2.75, 3.05) is 11.9 Å². The minimum atomic E-state index is -0.175. The van der Waals surface area contributed by atoms with E-state index in [0.29, 0.717) is 38.8 Å². The second-order valence-corrected chi connectivity index (χ2v) is 9.91. The molecule has 4 rings (SSSR count).